The molecule has 1 heterocycles. The van der Waals surface area contributed by atoms with E-state index >= 15 is 0 Å². The van der Waals surface area contributed by atoms with E-state index in [4.69, 9.17) is 9.47 Å². The van der Waals surface area contributed by atoms with E-state index in [-0.39, 0.29) is 11.6 Å². The van der Waals surface area contributed by atoms with Crippen molar-refractivity contribution in [2.24, 2.45) is 0 Å². The van der Waals surface area contributed by atoms with Gasteiger partial charge in [-0.25, -0.2) is 0 Å². The summed E-state index contributed by atoms with van der Waals surface area (Å²) in [4.78, 5) is 0. The standard InChI is InChI=1S/C16H25NO2/c1-16(2,3)19-11-14(17-4)13-9-5-7-12-8-6-10-18-15(12)13/h5,7,9,14,17H,6,8,10-11H2,1-4H3. The normalized spacial score (nSPS) is 16.6. The Morgan fingerprint density at radius 1 is 1.37 bits per heavy atom. The number of rotatable bonds is 4. The van der Waals surface area contributed by atoms with Crippen molar-refractivity contribution in [2.45, 2.75) is 45.3 Å². The van der Waals surface area contributed by atoms with E-state index in [1.165, 1.54) is 11.1 Å². The number of benzene rings is 1. The molecular formula is C16H25NO2. The lowest BCUT2D eigenvalue weighted by Crippen LogP contribution is -2.29. The molecule has 0 bridgehead atoms. The van der Waals surface area contributed by atoms with Crippen LogP contribution in [-0.2, 0) is 11.2 Å². The Hall–Kier alpha value is -1.06. The topological polar surface area (TPSA) is 30.5 Å². The summed E-state index contributed by atoms with van der Waals surface area (Å²) in [6.45, 7) is 7.71. The smallest absolute Gasteiger partial charge is 0.127 e. The first-order chi connectivity index (χ1) is 9.01. The predicted molar refractivity (Wildman–Crippen MR) is 77.8 cm³/mol. The molecule has 0 aliphatic carbocycles. The van der Waals surface area contributed by atoms with Crippen molar-refractivity contribution in [3.63, 3.8) is 0 Å². The van der Waals surface area contributed by atoms with Crippen molar-refractivity contribution < 1.29 is 9.47 Å². The van der Waals surface area contributed by atoms with Gasteiger partial charge in [0.1, 0.15) is 5.75 Å². The molecule has 3 nitrogen and oxygen atoms in total. The summed E-state index contributed by atoms with van der Waals surface area (Å²) in [5.74, 6) is 1.06. The van der Waals surface area contributed by atoms with E-state index in [2.05, 4.69) is 44.3 Å². The van der Waals surface area contributed by atoms with Crippen molar-refractivity contribution in [1.29, 1.82) is 0 Å². The molecule has 0 fully saturated rings. The molecule has 0 aromatic heterocycles. The Morgan fingerprint density at radius 2 is 2.16 bits per heavy atom. The number of para-hydroxylation sites is 1. The van der Waals surface area contributed by atoms with E-state index in [9.17, 15) is 0 Å². The van der Waals surface area contributed by atoms with Crippen LogP contribution in [0.5, 0.6) is 5.75 Å². The van der Waals surface area contributed by atoms with Gasteiger partial charge < -0.3 is 14.8 Å². The highest BCUT2D eigenvalue weighted by atomic mass is 16.5. The third-order valence-electron chi connectivity index (χ3n) is 3.37. The van der Waals surface area contributed by atoms with Gasteiger partial charge in [0, 0.05) is 5.56 Å². The third-order valence-corrected chi connectivity index (χ3v) is 3.37. The van der Waals surface area contributed by atoms with Gasteiger partial charge in [0.2, 0.25) is 0 Å². The summed E-state index contributed by atoms with van der Waals surface area (Å²) >= 11 is 0. The van der Waals surface area contributed by atoms with Crippen LogP contribution in [0.15, 0.2) is 18.2 Å². The summed E-state index contributed by atoms with van der Waals surface area (Å²) in [5.41, 5.74) is 2.41. The molecule has 19 heavy (non-hydrogen) atoms. The van der Waals surface area contributed by atoms with Gasteiger partial charge in [0.15, 0.2) is 0 Å². The second-order valence-corrected chi connectivity index (χ2v) is 6.05. The molecule has 1 aromatic rings. The highest BCUT2D eigenvalue weighted by Crippen LogP contribution is 2.33. The van der Waals surface area contributed by atoms with E-state index < -0.39 is 0 Å². The molecule has 1 atom stereocenters. The van der Waals surface area contributed by atoms with Crippen molar-refractivity contribution >= 4 is 0 Å². The number of ether oxygens (including phenoxy) is 2. The van der Waals surface area contributed by atoms with E-state index in [0.717, 1.165) is 25.2 Å². The third kappa shape index (κ3) is 3.71. The minimum atomic E-state index is -0.120. The fourth-order valence-electron chi connectivity index (χ4n) is 2.35. The number of hydrogen-bond acceptors (Lipinski definition) is 3. The SMILES string of the molecule is CNC(COC(C)(C)C)c1cccc2c1OCCC2. The molecule has 3 heteroatoms. The fraction of sp³-hybridized carbons (Fsp3) is 0.625. The minimum Gasteiger partial charge on any atom is -0.493 e. The molecule has 0 spiro atoms. The van der Waals surface area contributed by atoms with Crippen LogP contribution in [0.4, 0.5) is 0 Å². The molecular weight excluding hydrogens is 238 g/mol. The van der Waals surface area contributed by atoms with Gasteiger partial charge in [-0.1, -0.05) is 18.2 Å². The van der Waals surface area contributed by atoms with Crippen LogP contribution in [-0.4, -0.2) is 25.9 Å². The first kappa shape index (κ1) is 14.4. The summed E-state index contributed by atoms with van der Waals surface area (Å²) in [6, 6.07) is 6.59. The minimum absolute atomic E-state index is 0.120. The molecule has 1 aromatic carbocycles. The Bertz CT molecular complexity index is 423. The van der Waals surface area contributed by atoms with Crippen LogP contribution in [0.25, 0.3) is 0 Å². The highest BCUT2D eigenvalue weighted by molar-refractivity contribution is 5.44. The summed E-state index contributed by atoms with van der Waals surface area (Å²) in [7, 11) is 1.97. The van der Waals surface area contributed by atoms with Gasteiger partial charge in [0.25, 0.3) is 0 Å². The fourth-order valence-corrected chi connectivity index (χ4v) is 2.35. The van der Waals surface area contributed by atoms with Gasteiger partial charge in [-0.3, -0.25) is 0 Å². The van der Waals surface area contributed by atoms with Crippen molar-refractivity contribution in [1.82, 2.24) is 5.32 Å². The molecule has 106 valence electrons. The van der Waals surface area contributed by atoms with E-state index in [1.54, 1.807) is 0 Å². The van der Waals surface area contributed by atoms with Crippen LogP contribution in [0.3, 0.4) is 0 Å². The zero-order valence-corrected chi connectivity index (χ0v) is 12.5. The highest BCUT2D eigenvalue weighted by Gasteiger charge is 2.22. The first-order valence-corrected chi connectivity index (χ1v) is 7.07. The van der Waals surface area contributed by atoms with Crippen molar-refractivity contribution in [3.8, 4) is 5.75 Å². The Morgan fingerprint density at radius 3 is 2.84 bits per heavy atom. The second-order valence-electron chi connectivity index (χ2n) is 6.05. The zero-order chi connectivity index (χ0) is 13.9. The van der Waals surface area contributed by atoms with Crippen LogP contribution in [0.1, 0.15) is 44.4 Å². The molecule has 1 unspecified atom stereocenters. The molecule has 0 radical (unpaired) electrons. The van der Waals surface area contributed by atoms with Gasteiger partial charge in [0.05, 0.1) is 24.9 Å². The maximum atomic E-state index is 5.91. The monoisotopic (exact) mass is 263 g/mol. The maximum absolute atomic E-state index is 5.91. The van der Waals surface area contributed by atoms with Gasteiger partial charge >= 0.3 is 0 Å². The van der Waals surface area contributed by atoms with Crippen LogP contribution in [0, 0.1) is 0 Å². The number of hydrogen-bond donors (Lipinski definition) is 1. The van der Waals surface area contributed by atoms with E-state index in [1.807, 2.05) is 7.05 Å². The predicted octanol–water partition coefficient (Wildman–Crippen LogP) is 3.09. The van der Waals surface area contributed by atoms with Crippen LogP contribution < -0.4 is 10.1 Å². The van der Waals surface area contributed by atoms with Gasteiger partial charge in [-0.05, 0) is 46.2 Å². The average molecular weight is 263 g/mol. The zero-order valence-electron chi connectivity index (χ0n) is 12.5. The lowest BCUT2D eigenvalue weighted by molar-refractivity contribution is -0.0142. The van der Waals surface area contributed by atoms with Crippen LogP contribution >= 0.6 is 0 Å². The lowest BCUT2D eigenvalue weighted by Gasteiger charge is -2.27. The molecule has 2 rings (SSSR count). The molecule has 1 aliphatic heterocycles. The van der Waals surface area contributed by atoms with Gasteiger partial charge in [-0.2, -0.15) is 0 Å². The maximum Gasteiger partial charge on any atom is 0.127 e. The number of nitrogens with one attached hydrogen (secondary N) is 1. The molecule has 0 saturated carbocycles. The Labute approximate surface area is 116 Å². The van der Waals surface area contributed by atoms with Crippen LogP contribution in [0.2, 0.25) is 0 Å². The molecule has 0 saturated heterocycles. The average Bonchev–Trinajstić information content (AvgIpc) is 2.38. The second kappa shape index (κ2) is 5.93. The number of fused-ring (bicyclic) bond motifs is 1. The molecule has 0 amide bonds. The summed E-state index contributed by atoms with van der Waals surface area (Å²) in [5, 5.41) is 3.34. The molecule has 1 aliphatic rings. The molecule has 1 N–H and O–H groups in total. The lowest BCUT2D eigenvalue weighted by atomic mass is 9.98. The number of aryl methyl sites for hydroxylation is 1. The van der Waals surface area contributed by atoms with Crippen molar-refractivity contribution in [3.05, 3.63) is 29.3 Å². The first-order valence-electron chi connectivity index (χ1n) is 7.07. The summed E-state index contributed by atoms with van der Waals surface area (Å²) < 4.78 is 11.8. The van der Waals surface area contributed by atoms with Crippen molar-refractivity contribution in [2.75, 3.05) is 20.3 Å². The number of likely N-dealkylation sites (N-methyl/N-ethyl adjacent to an activating group) is 1. The van der Waals surface area contributed by atoms with E-state index in [0.29, 0.717) is 6.61 Å². The Balaban J connectivity index is 2.18. The summed E-state index contributed by atoms with van der Waals surface area (Å²) in [6.07, 6.45) is 2.22. The quantitative estimate of drug-likeness (QED) is 0.905. The largest absolute Gasteiger partial charge is 0.493 e. The Kier molecular flexibility index (Phi) is 4.48. The van der Waals surface area contributed by atoms with Gasteiger partial charge in [-0.15, -0.1) is 0 Å².